The Hall–Kier alpha value is -1.38. The first-order valence-electron chi connectivity index (χ1n) is 4.90. The minimum absolute atomic E-state index is 0.402. The molecule has 0 amide bonds. The second kappa shape index (κ2) is 3.89. The summed E-state index contributed by atoms with van der Waals surface area (Å²) in [4.78, 5) is 12.6. The van der Waals surface area contributed by atoms with Crippen molar-refractivity contribution in [2.45, 2.75) is 24.4 Å². The predicted octanol–water partition coefficient (Wildman–Crippen LogP) is 1.75. The minimum Gasteiger partial charge on any atom is -0.479 e. The molecule has 1 aliphatic rings. The maximum absolute atomic E-state index is 11.1. The molecule has 0 radical (unpaired) electrons. The highest BCUT2D eigenvalue weighted by molar-refractivity contribution is 7.12. The van der Waals surface area contributed by atoms with E-state index >= 15 is 0 Å². The van der Waals surface area contributed by atoms with E-state index < -0.39 is 17.5 Å². The number of ether oxygens (including phenoxy) is 1. The van der Waals surface area contributed by atoms with Gasteiger partial charge in [0.25, 0.3) is 0 Å². The summed E-state index contributed by atoms with van der Waals surface area (Å²) in [6.07, 6.45) is 0.810. The highest BCUT2D eigenvalue weighted by Crippen LogP contribution is 2.54. The molecule has 1 N–H and O–H groups in total. The van der Waals surface area contributed by atoms with Crippen molar-refractivity contribution in [1.82, 2.24) is 0 Å². The van der Waals surface area contributed by atoms with Gasteiger partial charge in [0.15, 0.2) is 6.10 Å². The molecule has 0 aromatic carbocycles. The Balaban J connectivity index is 2.32. The normalized spacial score (nSPS) is 18.8. The number of carboxylic acid groups (broad SMARTS) is 1. The lowest BCUT2D eigenvalue weighted by molar-refractivity contribution is -0.150. The first kappa shape index (κ1) is 11.1. The number of carboxylic acids is 1. The summed E-state index contributed by atoms with van der Waals surface area (Å²) in [6.45, 7) is 0. The van der Waals surface area contributed by atoms with E-state index in [1.54, 1.807) is 6.07 Å². The van der Waals surface area contributed by atoms with E-state index in [9.17, 15) is 4.79 Å². The lowest BCUT2D eigenvalue weighted by atomic mass is 9.97. The molecule has 0 spiro atoms. The van der Waals surface area contributed by atoms with E-state index in [0.717, 1.165) is 17.7 Å². The average Bonchev–Trinajstić information content (AvgIpc) is 2.90. The molecule has 5 heteroatoms. The number of thiophene rings is 1. The van der Waals surface area contributed by atoms with Crippen molar-refractivity contribution < 1.29 is 14.6 Å². The van der Waals surface area contributed by atoms with E-state index in [1.807, 2.05) is 6.07 Å². The summed E-state index contributed by atoms with van der Waals surface area (Å²) >= 11 is 1.36. The van der Waals surface area contributed by atoms with Crippen LogP contribution in [-0.2, 0) is 14.9 Å². The molecule has 0 saturated heterocycles. The number of hydrogen-bond donors (Lipinski definition) is 1. The number of hydrogen-bond acceptors (Lipinski definition) is 4. The third-order valence-electron chi connectivity index (χ3n) is 2.96. The molecule has 0 aliphatic heterocycles. The lowest BCUT2D eigenvalue weighted by Crippen LogP contribution is -2.35. The van der Waals surface area contributed by atoms with Crippen molar-refractivity contribution in [2.75, 3.05) is 7.11 Å². The zero-order chi connectivity index (χ0) is 11.8. The molecular formula is C11H11NO3S. The van der Waals surface area contributed by atoms with Crippen LogP contribution in [0.5, 0.6) is 0 Å². The van der Waals surface area contributed by atoms with Crippen LogP contribution in [0.15, 0.2) is 12.1 Å². The molecule has 1 aliphatic carbocycles. The lowest BCUT2D eigenvalue weighted by Gasteiger charge is -2.20. The van der Waals surface area contributed by atoms with Crippen LogP contribution in [-0.4, -0.2) is 24.3 Å². The van der Waals surface area contributed by atoms with Gasteiger partial charge in [-0.3, -0.25) is 0 Å². The topological polar surface area (TPSA) is 70.3 Å². The molecule has 4 nitrogen and oxygen atoms in total. The van der Waals surface area contributed by atoms with Gasteiger partial charge in [-0.25, -0.2) is 4.79 Å². The monoisotopic (exact) mass is 237 g/mol. The Morgan fingerprint density at radius 1 is 1.69 bits per heavy atom. The minimum atomic E-state index is -0.938. The second-order valence-corrected chi connectivity index (χ2v) is 4.97. The Kier molecular flexibility index (Phi) is 2.70. The second-order valence-electron chi connectivity index (χ2n) is 3.89. The zero-order valence-corrected chi connectivity index (χ0v) is 9.58. The zero-order valence-electron chi connectivity index (χ0n) is 8.77. The summed E-state index contributed by atoms with van der Waals surface area (Å²) in [6, 6.07) is 5.63. The molecule has 1 saturated carbocycles. The average molecular weight is 237 g/mol. The number of rotatable bonds is 4. The van der Waals surface area contributed by atoms with Gasteiger partial charge in [0, 0.05) is 17.4 Å². The number of aliphatic carboxylic acids is 1. The maximum Gasteiger partial charge on any atom is 0.333 e. The fourth-order valence-corrected chi connectivity index (χ4v) is 3.07. The first-order valence-corrected chi connectivity index (χ1v) is 5.72. The molecule has 1 aromatic rings. The summed E-state index contributed by atoms with van der Waals surface area (Å²) in [5, 5.41) is 17.8. The molecule has 2 rings (SSSR count). The van der Waals surface area contributed by atoms with Crippen LogP contribution < -0.4 is 0 Å². The van der Waals surface area contributed by atoms with Crippen LogP contribution in [0.2, 0.25) is 0 Å². The Bertz CT molecular complexity index is 456. The Labute approximate surface area is 97.1 Å². The number of methoxy groups -OCH3 is 1. The molecular weight excluding hydrogens is 226 g/mol. The molecule has 1 heterocycles. The molecule has 16 heavy (non-hydrogen) atoms. The van der Waals surface area contributed by atoms with Gasteiger partial charge in [0.1, 0.15) is 10.9 Å². The van der Waals surface area contributed by atoms with Crippen molar-refractivity contribution in [2.24, 2.45) is 0 Å². The number of carbonyl (C=O) groups is 1. The van der Waals surface area contributed by atoms with Gasteiger partial charge >= 0.3 is 5.97 Å². The van der Waals surface area contributed by atoms with Crippen LogP contribution >= 0.6 is 11.3 Å². The quantitative estimate of drug-likeness (QED) is 0.866. The Morgan fingerprint density at radius 2 is 2.38 bits per heavy atom. The van der Waals surface area contributed by atoms with Crippen molar-refractivity contribution in [3.63, 3.8) is 0 Å². The van der Waals surface area contributed by atoms with E-state index in [1.165, 1.54) is 18.4 Å². The first-order chi connectivity index (χ1) is 7.64. The van der Waals surface area contributed by atoms with Gasteiger partial charge in [0.05, 0.1) is 0 Å². The third-order valence-corrected chi connectivity index (χ3v) is 4.17. The van der Waals surface area contributed by atoms with Gasteiger partial charge in [-0.15, -0.1) is 11.3 Å². The van der Waals surface area contributed by atoms with Crippen LogP contribution in [0.4, 0.5) is 0 Å². The standard InChI is InChI=1S/C11H11NO3S/c1-15-9(10(13)14)11(4-5-11)8-3-2-7(6-12)16-8/h2-3,9H,4-5H2,1H3,(H,13,14). The number of nitriles is 1. The van der Waals surface area contributed by atoms with Crippen LogP contribution in [0.3, 0.4) is 0 Å². The van der Waals surface area contributed by atoms with Gasteiger partial charge in [0.2, 0.25) is 0 Å². The third kappa shape index (κ3) is 1.60. The molecule has 1 unspecified atom stereocenters. The summed E-state index contributed by atoms with van der Waals surface area (Å²) < 4.78 is 5.06. The van der Waals surface area contributed by atoms with E-state index in [2.05, 4.69) is 6.07 Å². The molecule has 84 valence electrons. The van der Waals surface area contributed by atoms with Crippen molar-refractivity contribution in [3.05, 3.63) is 21.9 Å². The Morgan fingerprint density at radius 3 is 2.75 bits per heavy atom. The van der Waals surface area contributed by atoms with Gasteiger partial charge in [-0.2, -0.15) is 5.26 Å². The van der Waals surface area contributed by atoms with E-state index in [-0.39, 0.29) is 0 Å². The highest BCUT2D eigenvalue weighted by atomic mass is 32.1. The predicted molar refractivity (Wildman–Crippen MR) is 58.4 cm³/mol. The van der Waals surface area contributed by atoms with Crippen molar-refractivity contribution in [1.29, 1.82) is 5.26 Å². The highest BCUT2D eigenvalue weighted by Gasteiger charge is 2.55. The smallest absolute Gasteiger partial charge is 0.333 e. The molecule has 0 bridgehead atoms. The number of nitrogens with zero attached hydrogens (tertiary/aromatic N) is 1. The summed E-state index contributed by atoms with van der Waals surface area (Å²) in [5.74, 6) is -0.938. The SMILES string of the molecule is COC(C(=O)O)C1(c2ccc(C#N)s2)CC1. The van der Waals surface area contributed by atoms with Crippen LogP contribution in [0.25, 0.3) is 0 Å². The molecule has 1 fully saturated rings. The fraction of sp³-hybridized carbons (Fsp3) is 0.455. The molecule has 1 aromatic heterocycles. The van der Waals surface area contributed by atoms with Gasteiger partial charge in [-0.1, -0.05) is 0 Å². The van der Waals surface area contributed by atoms with E-state index in [4.69, 9.17) is 15.1 Å². The van der Waals surface area contributed by atoms with E-state index in [0.29, 0.717) is 4.88 Å². The van der Waals surface area contributed by atoms with Crippen molar-refractivity contribution >= 4 is 17.3 Å². The fourth-order valence-electron chi connectivity index (χ4n) is 2.00. The summed E-state index contributed by atoms with van der Waals surface area (Å²) in [7, 11) is 1.41. The van der Waals surface area contributed by atoms with Crippen molar-refractivity contribution in [3.8, 4) is 6.07 Å². The van der Waals surface area contributed by atoms with Crippen LogP contribution in [0.1, 0.15) is 22.6 Å². The van der Waals surface area contributed by atoms with Crippen LogP contribution in [0, 0.1) is 11.3 Å². The molecule has 1 atom stereocenters. The maximum atomic E-state index is 11.1. The van der Waals surface area contributed by atoms with Gasteiger partial charge in [-0.05, 0) is 25.0 Å². The summed E-state index contributed by atoms with van der Waals surface area (Å²) in [5.41, 5.74) is -0.402. The largest absolute Gasteiger partial charge is 0.479 e. The van der Waals surface area contributed by atoms with Gasteiger partial charge < -0.3 is 9.84 Å².